The molecule has 0 aliphatic heterocycles. The molecule has 0 saturated heterocycles. The summed E-state index contributed by atoms with van der Waals surface area (Å²) in [5, 5.41) is 5.54. The first-order chi connectivity index (χ1) is 9.15. The highest BCUT2D eigenvalue weighted by molar-refractivity contribution is 6.05. The summed E-state index contributed by atoms with van der Waals surface area (Å²) in [6.45, 7) is 2.65. The van der Waals surface area contributed by atoms with E-state index in [4.69, 9.17) is 5.73 Å². The zero-order chi connectivity index (χ0) is 13.6. The molecule has 0 saturated carbocycles. The van der Waals surface area contributed by atoms with Gasteiger partial charge in [-0.2, -0.15) is 5.10 Å². The first-order valence-corrected chi connectivity index (χ1v) is 6.24. The summed E-state index contributed by atoms with van der Waals surface area (Å²) in [5.41, 5.74) is 7.18. The molecule has 0 aliphatic rings. The summed E-state index contributed by atoms with van der Waals surface area (Å²) in [7, 11) is 1.79. The number of aromatic nitrogens is 4. The number of rotatable bonds is 2. The van der Waals surface area contributed by atoms with Crippen LogP contribution in [0.1, 0.15) is 13.3 Å². The number of pyridine rings is 2. The fourth-order valence-electron chi connectivity index (χ4n) is 2.52. The van der Waals surface area contributed by atoms with Crippen molar-refractivity contribution in [3.05, 3.63) is 28.7 Å². The average Bonchev–Trinajstić information content (AvgIpc) is 2.70. The summed E-state index contributed by atoms with van der Waals surface area (Å²) >= 11 is 0. The van der Waals surface area contributed by atoms with Crippen LogP contribution in [0.2, 0.25) is 0 Å². The number of fused-ring (bicyclic) bond motifs is 3. The van der Waals surface area contributed by atoms with Gasteiger partial charge in [-0.1, -0.05) is 6.92 Å². The van der Waals surface area contributed by atoms with Gasteiger partial charge < -0.3 is 5.73 Å². The van der Waals surface area contributed by atoms with Crippen molar-refractivity contribution in [2.24, 2.45) is 7.05 Å². The first-order valence-electron chi connectivity index (χ1n) is 6.24. The fraction of sp³-hybridized carbons (Fsp3) is 0.308. The van der Waals surface area contributed by atoms with E-state index in [1.165, 1.54) is 0 Å². The number of hydrogen-bond donors (Lipinski definition) is 1. The average molecular weight is 257 g/mol. The van der Waals surface area contributed by atoms with Crippen LogP contribution in [0.3, 0.4) is 0 Å². The van der Waals surface area contributed by atoms with E-state index in [-0.39, 0.29) is 11.4 Å². The Hall–Kier alpha value is -2.37. The first kappa shape index (κ1) is 11.7. The summed E-state index contributed by atoms with van der Waals surface area (Å²) in [4.78, 5) is 16.9. The lowest BCUT2D eigenvalue weighted by Crippen LogP contribution is -2.22. The minimum atomic E-state index is -0.117. The molecule has 0 radical (unpaired) electrons. The highest BCUT2D eigenvalue weighted by atomic mass is 16.1. The van der Waals surface area contributed by atoms with E-state index in [2.05, 4.69) is 10.1 Å². The van der Waals surface area contributed by atoms with E-state index in [0.717, 1.165) is 17.3 Å². The van der Waals surface area contributed by atoms with E-state index in [1.807, 2.05) is 19.1 Å². The Morgan fingerprint density at radius 3 is 2.95 bits per heavy atom. The lowest BCUT2D eigenvalue weighted by Gasteiger charge is -2.09. The lowest BCUT2D eigenvalue weighted by molar-refractivity contribution is 0.676. The Bertz CT molecular complexity index is 830. The maximum atomic E-state index is 12.6. The molecule has 0 fully saturated rings. The van der Waals surface area contributed by atoms with Crippen LogP contribution in [-0.4, -0.2) is 19.3 Å². The zero-order valence-corrected chi connectivity index (χ0v) is 10.9. The summed E-state index contributed by atoms with van der Waals surface area (Å²) in [6, 6.07) is 3.79. The molecule has 19 heavy (non-hydrogen) atoms. The second kappa shape index (κ2) is 4.08. The number of hydrogen-bond acceptors (Lipinski definition) is 4. The molecular weight excluding hydrogens is 242 g/mol. The van der Waals surface area contributed by atoms with Crippen LogP contribution in [-0.2, 0) is 13.6 Å². The highest BCUT2D eigenvalue weighted by Crippen LogP contribution is 2.24. The van der Waals surface area contributed by atoms with Gasteiger partial charge in [0, 0.05) is 25.2 Å². The molecular formula is C13H15N5O. The molecule has 6 nitrogen and oxygen atoms in total. The van der Waals surface area contributed by atoms with E-state index >= 15 is 0 Å². The normalized spacial score (nSPS) is 11.5. The van der Waals surface area contributed by atoms with Crippen LogP contribution in [0, 0.1) is 0 Å². The van der Waals surface area contributed by atoms with Crippen LogP contribution in [0.25, 0.3) is 21.9 Å². The third-order valence-corrected chi connectivity index (χ3v) is 3.28. The molecule has 0 spiro atoms. The Balaban J connectivity index is 2.63. The van der Waals surface area contributed by atoms with Gasteiger partial charge in [0.25, 0.3) is 5.56 Å². The molecule has 3 aromatic heterocycles. The van der Waals surface area contributed by atoms with Crippen molar-refractivity contribution < 1.29 is 0 Å². The van der Waals surface area contributed by atoms with Crippen molar-refractivity contribution in [1.29, 1.82) is 0 Å². The molecule has 0 unspecified atom stereocenters. The van der Waals surface area contributed by atoms with E-state index in [9.17, 15) is 4.79 Å². The van der Waals surface area contributed by atoms with Gasteiger partial charge in [-0.05, 0) is 18.6 Å². The molecule has 3 heterocycles. The second-order valence-electron chi connectivity index (χ2n) is 4.56. The number of anilines is 1. The minimum absolute atomic E-state index is 0.117. The van der Waals surface area contributed by atoms with Crippen molar-refractivity contribution in [1.82, 2.24) is 19.3 Å². The van der Waals surface area contributed by atoms with Crippen molar-refractivity contribution in [3.63, 3.8) is 0 Å². The van der Waals surface area contributed by atoms with Gasteiger partial charge in [0.05, 0.1) is 5.52 Å². The Labute approximate surface area is 109 Å². The largest absolute Gasteiger partial charge is 0.382 e. The van der Waals surface area contributed by atoms with Gasteiger partial charge in [-0.15, -0.1) is 0 Å². The molecule has 2 N–H and O–H groups in total. The van der Waals surface area contributed by atoms with E-state index in [0.29, 0.717) is 17.6 Å². The summed E-state index contributed by atoms with van der Waals surface area (Å²) < 4.78 is 3.32. The van der Waals surface area contributed by atoms with Crippen LogP contribution in [0.15, 0.2) is 23.1 Å². The Morgan fingerprint density at radius 2 is 2.21 bits per heavy atom. The standard InChI is InChI=1S/C13H15N5O/c1-3-7-18-12-8(5-4-6-15-12)10-9(13(18)19)11(14)16-17(10)2/h4-6H,3,7H2,1-2H3,(H2,14,16). The zero-order valence-electron chi connectivity index (χ0n) is 10.9. The second-order valence-corrected chi connectivity index (χ2v) is 4.56. The number of nitrogens with two attached hydrogens (primary N) is 1. The quantitative estimate of drug-likeness (QED) is 0.750. The number of aryl methyl sites for hydroxylation is 2. The third kappa shape index (κ3) is 1.53. The third-order valence-electron chi connectivity index (χ3n) is 3.28. The van der Waals surface area contributed by atoms with Crippen molar-refractivity contribution >= 4 is 27.8 Å². The van der Waals surface area contributed by atoms with Crippen LogP contribution in [0.4, 0.5) is 5.82 Å². The monoisotopic (exact) mass is 257 g/mol. The van der Waals surface area contributed by atoms with Crippen LogP contribution >= 0.6 is 0 Å². The molecule has 98 valence electrons. The number of nitrogens with zero attached hydrogens (tertiary/aromatic N) is 4. The minimum Gasteiger partial charge on any atom is -0.382 e. The van der Waals surface area contributed by atoms with E-state index in [1.54, 1.807) is 22.5 Å². The van der Waals surface area contributed by atoms with Gasteiger partial charge in [0.1, 0.15) is 11.0 Å². The maximum absolute atomic E-state index is 12.6. The number of nitrogen functional groups attached to an aromatic ring is 1. The van der Waals surface area contributed by atoms with Gasteiger partial charge in [0.15, 0.2) is 5.82 Å². The van der Waals surface area contributed by atoms with Gasteiger partial charge >= 0.3 is 0 Å². The fourth-order valence-corrected chi connectivity index (χ4v) is 2.52. The van der Waals surface area contributed by atoms with Gasteiger partial charge in [0.2, 0.25) is 0 Å². The van der Waals surface area contributed by atoms with Crippen molar-refractivity contribution in [2.45, 2.75) is 19.9 Å². The Morgan fingerprint density at radius 1 is 1.42 bits per heavy atom. The SMILES string of the molecule is CCCn1c(=O)c2c(N)nn(C)c2c2cccnc21. The predicted octanol–water partition coefficient (Wildman–Crippen LogP) is 1.28. The topological polar surface area (TPSA) is 78.7 Å². The predicted molar refractivity (Wildman–Crippen MR) is 75.0 cm³/mol. The molecule has 0 bridgehead atoms. The molecule has 3 aromatic rings. The smallest absolute Gasteiger partial charge is 0.265 e. The lowest BCUT2D eigenvalue weighted by atomic mass is 10.2. The molecule has 3 rings (SSSR count). The molecule has 0 aliphatic carbocycles. The summed E-state index contributed by atoms with van der Waals surface area (Å²) in [5.74, 6) is 0.276. The molecule has 0 amide bonds. The van der Waals surface area contributed by atoms with Crippen LogP contribution < -0.4 is 11.3 Å². The molecule has 6 heteroatoms. The molecule has 0 aromatic carbocycles. The van der Waals surface area contributed by atoms with Crippen molar-refractivity contribution in [2.75, 3.05) is 5.73 Å². The highest BCUT2D eigenvalue weighted by Gasteiger charge is 2.17. The maximum Gasteiger partial charge on any atom is 0.265 e. The van der Waals surface area contributed by atoms with Crippen LogP contribution in [0.5, 0.6) is 0 Å². The Kier molecular flexibility index (Phi) is 2.51. The molecule has 0 atom stereocenters. The van der Waals surface area contributed by atoms with E-state index < -0.39 is 0 Å². The summed E-state index contributed by atoms with van der Waals surface area (Å²) in [6.07, 6.45) is 2.55. The van der Waals surface area contributed by atoms with Gasteiger partial charge in [-0.25, -0.2) is 4.98 Å². The van der Waals surface area contributed by atoms with Gasteiger partial charge in [-0.3, -0.25) is 14.0 Å². The van der Waals surface area contributed by atoms with Crippen molar-refractivity contribution in [3.8, 4) is 0 Å².